The number of aromatic hydroxyl groups is 4. The van der Waals surface area contributed by atoms with Gasteiger partial charge in [-0.25, -0.2) is 4.39 Å². The topological polar surface area (TPSA) is 303 Å². The summed E-state index contributed by atoms with van der Waals surface area (Å²) in [6, 6.07) is 50.4. The van der Waals surface area contributed by atoms with Crippen molar-refractivity contribution in [2.24, 2.45) is 23.7 Å². The van der Waals surface area contributed by atoms with Gasteiger partial charge in [0, 0.05) is 175 Å². The second-order valence-electron chi connectivity index (χ2n) is 38.6. The third-order valence-electron chi connectivity index (χ3n) is 28.5. The molecule has 10 aliphatic rings. The lowest BCUT2D eigenvalue weighted by atomic mass is 9.95. The van der Waals surface area contributed by atoms with Crippen molar-refractivity contribution >= 4 is 137 Å². The number of halogens is 7. The summed E-state index contributed by atoms with van der Waals surface area (Å²) in [6.45, 7) is 26.0. The molecule has 6 fully saturated rings. The second kappa shape index (κ2) is 43.3. The van der Waals surface area contributed by atoms with Crippen molar-refractivity contribution in [2.75, 3.05) is 185 Å². The first-order valence-corrected chi connectivity index (χ1v) is 49.5. The number of hydrogen-bond donors (Lipinski definition) is 4. The standard InChI is InChI=1S/C33H37ClN4O4.C31H33ClN4O4.C25H21FN2O4.C22H18ClF3N2O5/c1-4-32(40)37-17-21(18-37)19-38-29-16-28(34)27(26-14-24(39)13-22-7-5-6-8-25(22)26)15-30(29)42-31(33(38)41)20-36-11-9-23(10-12-36)35(2)3;1-3-30(38)35-16-20(17-35)18-36-27-15-26(32)25(24-13-22(37)12-21-6-4-5-7-23(21)24)14-28(27)40-29(31(36)39)19-34-10-8-33(2)9-11-34;1-2-22(30)27-11-15(12-27)13-28-21-8-7-19(24(26)25(21)32-14-23(28)31)20-10-17(29)9-16-5-3-4-6-18(16)20;1-2-20(30)27-8-12(9-27)10-28-17-7-16(23)14(6-19(17)32-11-21(28)31)15-5-13(29)3-4-18(15)33-22(24,25)26/h4-8,13-16,21,23,31,39H,1,9-12,17-20H2,2-3H3;3-7,12-15,20,29,37H,1,8-11,16-19H2,2H3;2-10,15,29H,1,11-14H2;2-7,12,29H,1,8-11H2. The molecule has 0 spiro atoms. The summed E-state index contributed by atoms with van der Waals surface area (Å²) in [5.74, 6) is -0.423. The van der Waals surface area contributed by atoms with E-state index in [4.69, 9.17) is 53.8 Å². The van der Waals surface area contributed by atoms with E-state index in [9.17, 15) is 72.0 Å². The van der Waals surface area contributed by atoms with Crippen molar-refractivity contribution in [1.82, 2.24) is 39.2 Å². The van der Waals surface area contributed by atoms with Crippen LogP contribution in [0.3, 0.4) is 0 Å². The number of benzene rings is 11. The molecule has 2 unspecified atom stereocenters. The minimum atomic E-state index is -4.95. The molecule has 36 heteroatoms. The molecule has 8 amide bonds. The number of nitrogens with zero attached hydrogens (tertiary/aromatic N) is 12. The van der Waals surface area contributed by atoms with Crippen LogP contribution in [-0.2, 0) is 38.4 Å². The summed E-state index contributed by atoms with van der Waals surface area (Å²) >= 11 is 20.2. The number of piperazine rings is 1. The number of likely N-dealkylation sites (tertiary alicyclic amines) is 5. The smallest absolute Gasteiger partial charge is 0.508 e. The average Bonchev–Trinajstić information content (AvgIpc) is 0.754. The van der Waals surface area contributed by atoms with Crippen LogP contribution in [0.25, 0.3) is 76.8 Å². The Labute approximate surface area is 860 Å². The van der Waals surface area contributed by atoms with Crippen molar-refractivity contribution in [1.29, 1.82) is 0 Å². The van der Waals surface area contributed by atoms with Crippen LogP contribution in [0.1, 0.15) is 12.8 Å². The van der Waals surface area contributed by atoms with Gasteiger partial charge in [0.2, 0.25) is 23.6 Å². The summed E-state index contributed by atoms with van der Waals surface area (Å²) in [7, 11) is 6.34. The molecule has 11 aromatic carbocycles. The number of rotatable bonds is 22. The number of anilines is 4. The molecular formula is C111H109Cl3F4N12O17. The Hall–Kier alpha value is -14.5. The normalized spacial score (nSPS) is 18.3. The third-order valence-corrected chi connectivity index (χ3v) is 29.4. The van der Waals surface area contributed by atoms with Gasteiger partial charge in [-0.15, -0.1) is 13.2 Å². The highest BCUT2D eigenvalue weighted by Gasteiger charge is 2.46. The number of phenolic OH excluding ortho intramolecular Hbond substituents is 4. The minimum Gasteiger partial charge on any atom is -0.508 e. The highest BCUT2D eigenvalue weighted by atomic mass is 35.5. The highest BCUT2D eigenvalue weighted by Crippen LogP contribution is 2.52. The van der Waals surface area contributed by atoms with Crippen molar-refractivity contribution in [3.8, 4) is 96.3 Å². The summed E-state index contributed by atoms with van der Waals surface area (Å²) in [4.78, 5) is 123. The number of carbonyl (C=O) groups is 8. The van der Waals surface area contributed by atoms with Gasteiger partial charge in [0.25, 0.3) is 23.6 Å². The predicted octanol–water partition coefficient (Wildman–Crippen LogP) is 16.2. The molecule has 0 bridgehead atoms. The fourth-order valence-electron chi connectivity index (χ4n) is 20.6. The van der Waals surface area contributed by atoms with Crippen LogP contribution >= 0.6 is 34.8 Å². The van der Waals surface area contributed by atoms with Crippen LogP contribution in [0.15, 0.2) is 227 Å². The molecule has 21 rings (SSSR count). The van der Waals surface area contributed by atoms with Gasteiger partial charge < -0.3 is 93.1 Å². The largest absolute Gasteiger partial charge is 0.573 e. The molecular weight excluding hydrogens is 1960 g/mol. The number of phenols is 4. The number of likely N-dealkylation sites (N-methyl/N-ethyl adjacent to an activating group) is 1. The van der Waals surface area contributed by atoms with Gasteiger partial charge in [0.15, 0.2) is 37.0 Å². The van der Waals surface area contributed by atoms with Gasteiger partial charge in [-0.1, -0.05) is 134 Å². The van der Waals surface area contributed by atoms with E-state index in [1.54, 1.807) is 84.0 Å². The van der Waals surface area contributed by atoms with E-state index in [2.05, 4.69) is 71.8 Å². The summed E-state index contributed by atoms with van der Waals surface area (Å²) in [5.41, 5.74) is 5.93. The number of fused-ring (bicyclic) bond motifs is 7. The van der Waals surface area contributed by atoms with E-state index in [-0.39, 0.29) is 140 Å². The summed E-state index contributed by atoms with van der Waals surface area (Å²) < 4.78 is 82.2. The third kappa shape index (κ3) is 22.2. The van der Waals surface area contributed by atoms with Crippen molar-refractivity contribution in [3.63, 3.8) is 0 Å². The zero-order valence-corrected chi connectivity index (χ0v) is 83.3. The van der Waals surface area contributed by atoms with E-state index in [1.807, 2.05) is 84.9 Å². The number of piperidine rings is 1. The first-order chi connectivity index (χ1) is 70.5. The molecule has 10 heterocycles. The van der Waals surface area contributed by atoms with Crippen molar-refractivity contribution in [2.45, 2.75) is 37.5 Å². The van der Waals surface area contributed by atoms with Gasteiger partial charge in [0.05, 0.1) is 37.8 Å². The van der Waals surface area contributed by atoms with E-state index in [1.165, 1.54) is 52.3 Å². The van der Waals surface area contributed by atoms with Gasteiger partial charge >= 0.3 is 6.36 Å². The lowest BCUT2D eigenvalue weighted by Gasteiger charge is -2.44. The van der Waals surface area contributed by atoms with Crippen LogP contribution in [-0.4, -0.2) is 297 Å². The monoisotopic (exact) mass is 2060 g/mol. The average molecular weight is 2070 g/mol. The number of alkyl halides is 3. The number of carbonyl (C=O) groups excluding carboxylic acids is 8. The second-order valence-corrected chi connectivity index (χ2v) is 39.8. The molecule has 0 saturated carbocycles. The molecule has 0 aliphatic carbocycles. The quantitative estimate of drug-likeness (QED) is 0.0362. The summed E-state index contributed by atoms with van der Waals surface area (Å²) in [5, 5.41) is 47.2. The van der Waals surface area contributed by atoms with Crippen LogP contribution in [0, 0.1) is 29.5 Å². The Morgan fingerprint density at radius 3 is 1.18 bits per heavy atom. The Kier molecular flexibility index (Phi) is 30.2. The molecule has 11 aromatic rings. The zero-order valence-electron chi connectivity index (χ0n) is 81.0. The lowest BCUT2D eigenvalue weighted by molar-refractivity contribution is -0.274. The Morgan fingerprint density at radius 1 is 0.415 bits per heavy atom. The van der Waals surface area contributed by atoms with Gasteiger partial charge in [0.1, 0.15) is 46.0 Å². The maximum atomic E-state index is 15.6. The molecule has 4 N–H and O–H groups in total. The molecule has 147 heavy (non-hydrogen) atoms. The molecule has 6 saturated heterocycles. The highest BCUT2D eigenvalue weighted by molar-refractivity contribution is 6.35. The number of amides is 8. The van der Waals surface area contributed by atoms with Crippen LogP contribution in [0.2, 0.25) is 15.1 Å². The SMILES string of the molecule is C=CC(=O)N1CC(CN2C(=O)C(CN3CCC(N(C)C)CC3)Oc3cc(-c4cc(O)cc5ccccc45)c(Cl)cc32)C1.C=CC(=O)N1CC(CN2C(=O)C(CN3CCN(C)CC3)Oc3cc(-c4cc(O)cc5ccccc45)c(Cl)cc32)C1.C=CC(=O)N1CC(CN2C(=O)COc3c2ccc(-c2cc(O)cc4ccccc24)c3F)C1.C=CC(=O)N1CC(CN2C(=O)COc3cc(-c4cc(O)ccc4OC(F)(F)F)c(Cl)cc32)C1. The van der Waals surface area contributed by atoms with Crippen LogP contribution < -0.4 is 43.3 Å². The number of ether oxygens (including phenoxy) is 5. The Balaban J connectivity index is 0.000000129. The number of hydrogen-bond acceptors (Lipinski definition) is 21. The van der Waals surface area contributed by atoms with Crippen LogP contribution in [0.4, 0.5) is 40.3 Å². The van der Waals surface area contributed by atoms with E-state index in [0.717, 1.165) is 125 Å². The molecule has 29 nitrogen and oxygen atoms in total. The van der Waals surface area contributed by atoms with Crippen LogP contribution in [0.5, 0.6) is 51.7 Å². The lowest BCUT2D eigenvalue weighted by Crippen LogP contribution is -2.58. The maximum Gasteiger partial charge on any atom is 0.573 e. The molecule has 0 radical (unpaired) electrons. The first kappa shape index (κ1) is 103. The minimum absolute atomic E-state index is 0.0212. The van der Waals surface area contributed by atoms with Gasteiger partial charge in [-0.05, 0) is 224 Å². The van der Waals surface area contributed by atoms with Crippen molar-refractivity contribution < 1.29 is 100 Å². The van der Waals surface area contributed by atoms with Gasteiger partial charge in [-0.3, -0.25) is 48.2 Å². The molecule has 0 aromatic heterocycles. The van der Waals surface area contributed by atoms with E-state index >= 15 is 4.39 Å². The van der Waals surface area contributed by atoms with Crippen molar-refractivity contribution in [3.05, 3.63) is 247 Å². The Bertz CT molecular complexity index is 7060. The summed E-state index contributed by atoms with van der Waals surface area (Å²) in [6.07, 6.45) is 0.985. The Morgan fingerprint density at radius 2 is 0.776 bits per heavy atom. The van der Waals surface area contributed by atoms with E-state index < -0.39 is 30.1 Å². The molecule has 2 atom stereocenters. The first-order valence-electron chi connectivity index (χ1n) is 48.4. The fourth-order valence-corrected chi connectivity index (χ4v) is 21.4. The molecule has 10 aliphatic heterocycles. The maximum absolute atomic E-state index is 15.6. The predicted molar refractivity (Wildman–Crippen MR) is 556 cm³/mol. The molecule has 764 valence electrons. The zero-order chi connectivity index (χ0) is 104. The van der Waals surface area contributed by atoms with Gasteiger partial charge in [-0.2, -0.15) is 0 Å². The van der Waals surface area contributed by atoms with E-state index in [0.29, 0.717) is 148 Å². The fraction of sp³-hybridized carbons (Fsp3) is 0.315.